The lowest BCUT2D eigenvalue weighted by atomic mass is 10.2. The van der Waals surface area contributed by atoms with Crippen molar-refractivity contribution in [3.8, 4) is 17.2 Å². The Morgan fingerprint density at radius 1 is 1.04 bits per heavy atom. The largest absolute Gasteiger partial charge is 0.493 e. The quantitative estimate of drug-likeness (QED) is 0.361. The Labute approximate surface area is 156 Å². The van der Waals surface area contributed by atoms with Crippen molar-refractivity contribution in [2.45, 2.75) is 19.1 Å². The van der Waals surface area contributed by atoms with Gasteiger partial charge in [0.2, 0.25) is 5.75 Å². The van der Waals surface area contributed by atoms with Gasteiger partial charge in [0.1, 0.15) is 6.61 Å². The maximum absolute atomic E-state index is 12.0. The van der Waals surface area contributed by atoms with E-state index in [-0.39, 0.29) is 6.61 Å². The topological polar surface area (TPSA) is 73.3 Å². The summed E-state index contributed by atoms with van der Waals surface area (Å²) in [4.78, 5) is 4.07. The number of benzene rings is 1. The zero-order valence-corrected chi connectivity index (χ0v) is 15.9. The molecule has 27 heavy (non-hydrogen) atoms. The molecule has 1 aromatic rings. The van der Waals surface area contributed by atoms with Gasteiger partial charge in [-0.3, -0.25) is 4.99 Å². The van der Waals surface area contributed by atoms with E-state index in [1.54, 1.807) is 7.05 Å². The van der Waals surface area contributed by atoms with E-state index in [1.807, 2.05) is 12.1 Å². The van der Waals surface area contributed by atoms with Gasteiger partial charge in [-0.1, -0.05) is 0 Å². The summed E-state index contributed by atoms with van der Waals surface area (Å²) in [6, 6.07) is 3.62. The van der Waals surface area contributed by atoms with Crippen LogP contribution in [0.2, 0.25) is 0 Å². The van der Waals surface area contributed by atoms with E-state index in [9.17, 15) is 13.2 Å². The molecule has 0 saturated heterocycles. The average molecular weight is 393 g/mol. The summed E-state index contributed by atoms with van der Waals surface area (Å²) in [5, 5.41) is 6.11. The van der Waals surface area contributed by atoms with Gasteiger partial charge in [-0.15, -0.1) is 0 Å². The summed E-state index contributed by atoms with van der Waals surface area (Å²) in [6.07, 6.45) is -3.88. The number of rotatable bonds is 10. The van der Waals surface area contributed by atoms with Crippen molar-refractivity contribution in [3.05, 3.63) is 17.7 Å². The van der Waals surface area contributed by atoms with Crippen LogP contribution in [0.1, 0.15) is 12.0 Å². The smallest absolute Gasteiger partial charge is 0.411 e. The van der Waals surface area contributed by atoms with Crippen LogP contribution in [0.25, 0.3) is 0 Å². The van der Waals surface area contributed by atoms with Gasteiger partial charge >= 0.3 is 6.18 Å². The van der Waals surface area contributed by atoms with Crippen LogP contribution >= 0.6 is 0 Å². The summed E-state index contributed by atoms with van der Waals surface area (Å²) >= 11 is 0. The molecule has 0 aliphatic carbocycles. The molecular weight excluding hydrogens is 367 g/mol. The van der Waals surface area contributed by atoms with E-state index in [0.717, 1.165) is 5.56 Å². The van der Waals surface area contributed by atoms with Crippen molar-refractivity contribution in [2.75, 3.05) is 48.1 Å². The Kier molecular flexibility index (Phi) is 9.55. The molecule has 7 nitrogen and oxygen atoms in total. The van der Waals surface area contributed by atoms with Crippen LogP contribution in [0.4, 0.5) is 13.2 Å². The number of halogens is 3. The van der Waals surface area contributed by atoms with E-state index >= 15 is 0 Å². The number of hydrogen-bond acceptors (Lipinski definition) is 5. The van der Waals surface area contributed by atoms with Crippen molar-refractivity contribution in [2.24, 2.45) is 4.99 Å². The van der Waals surface area contributed by atoms with Crippen LogP contribution in [-0.4, -0.2) is 60.3 Å². The summed E-state index contributed by atoms with van der Waals surface area (Å²) in [6.45, 7) is -0.370. The van der Waals surface area contributed by atoms with E-state index < -0.39 is 12.8 Å². The minimum absolute atomic E-state index is 0.0103. The van der Waals surface area contributed by atoms with Crippen molar-refractivity contribution in [1.29, 1.82) is 0 Å². The highest BCUT2D eigenvalue weighted by Crippen LogP contribution is 2.38. The number of nitrogens with one attached hydrogen (secondary N) is 2. The Bertz CT molecular complexity index is 585. The SMILES string of the molecule is CN=C(NCCCOCC(F)(F)F)NCc1cc(OC)c(OC)c(OC)c1. The normalized spacial score (nSPS) is 11.9. The first-order valence-corrected chi connectivity index (χ1v) is 8.22. The van der Waals surface area contributed by atoms with E-state index in [1.165, 1.54) is 21.3 Å². The summed E-state index contributed by atoms with van der Waals surface area (Å²) in [7, 11) is 6.21. The second kappa shape index (κ2) is 11.4. The number of aliphatic imine (C=N–C) groups is 1. The number of hydrogen-bond donors (Lipinski definition) is 2. The predicted molar refractivity (Wildman–Crippen MR) is 95.8 cm³/mol. The standard InChI is InChI=1S/C17H26F3N3O4/c1-21-16(22-6-5-7-27-11-17(18,19)20)23-10-12-8-13(24-2)15(26-4)14(9-12)25-3/h8-9H,5-7,10-11H2,1-4H3,(H2,21,22,23). The minimum Gasteiger partial charge on any atom is -0.493 e. The molecule has 0 aliphatic heterocycles. The van der Waals surface area contributed by atoms with E-state index in [2.05, 4.69) is 20.4 Å². The van der Waals surface area contributed by atoms with Gasteiger partial charge in [0, 0.05) is 26.7 Å². The van der Waals surface area contributed by atoms with Crippen LogP contribution in [-0.2, 0) is 11.3 Å². The monoisotopic (exact) mass is 393 g/mol. The van der Waals surface area contributed by atoms with Gasteiger partial charge in [-0.25, -0.2) is 0 Å². The summed E-state index contributed by atoms with van der Waals surface area (Å²) in [5.74, 6) is 2.10. The molecule has 0 saturated carbocycles. The number of alkyl halides is 3. The Morgan fingerprint density at radius 3 is 2.15 bits per heavy atom. The van der Waals surface area contributed by atoms with Gasteiger partial charge in [0.15, 0.2) is 17.5 Å². The fraction of sp³-hybridized carbons (Fsp3) is 0.588. The third-order valence-electron chi connectivity index (χ3n) is 3.43. The molecule has 1 rings (SSSR count). The van der Waals surface area contributed by atoms with Crippen LogP contribution in [0.15, 0.2) is 17.1 Å². The molecule has 0 atom stereocenters. The lowest BCUT2D eigenvalue weighted by Gasteiger charge is -2.16. The highest BCUT2D eigenvalue weighted by atomic mass is 19.4. The first kappa shape index (κ1) is 22.7. The molecule has 0 aromatic heterocycles. The second-order valence-corrected chi connectivity index (χ2v) is 5.41. The maximum atomic E-state index is 12.0. The molecule has 0 heterocycles. The third kappa shape index (κ3) is 8.25. The van der Waals surface area contributed by atoms with E-state index in [0.29, 0.717) is 42.7 Å². The zero-order chi connectivity index (χ0) is 20.3. The van der Waals surface area contributed by atoms with Crippen molar-refractivity contribution in [1.82, 2.24) is 10.6 Å². The Hall–Kier alpha value is -2.36. The first-order valence-electron chi connectivity index (χ1n) is 8.22. The molecule has 0 fully saturated rings. The van der Waals surface area contributed by atoms with Gasteiger partial charge in [-0.05, 0) is 24.1 Å². The predicted octanol–water partition coefficient (Wildman–Crippen LogP) is 2.35. The number of nitrogens with zero attached hydrogens (tertiary/aromatic N) is 1. The highest BCUT2D eigenvalue weighted by Gasteiger charge is 2.27. The molecular formula is C17H26F3N3O4. The fourth-order valence-corrected chi connectivity index (χ4v) is 2.21. The summed E-state index contributed by atoms with van der Waals surface area (Å²) in [5.41, 5.74) is 0.876. The molecule has 0 radical (unpaired) electrons. The maximum Gasteiger partial charge on any atom is 0.411 e. The minimum atomic E-state index is -4.30. The van der Waals surface area contributed by atoms with Gasteiger partial charge in [0.05, 0.1) is 21.3 Å². The Morgan fingerprint density at radius 2 is 1.67 bits per heavy atom. The summed E-state index contributed by atoms with van der Waals surface area (Å²) < 4.78 is 56.3. The molecule has 0 spiro atoms. The van der Waals surface area contributed by atoms with Crippen LogP contribution in [0.3, 0.4) is 0 Å². The highest BCUT2D eigenvalue weighted by molar-refractivity contribution is 5.79. The molecule has 154 valence electrons. The molecule has 0 unspecified atom stereocenters. The Balaban J connectivity index is 2.48. The molecule has 0 aliphatic rings. The molecule has 1 aromatic carbocycles. The second-order valence-electron chi connectivity index (χ2n) is 5.41. The lowest BCUT2D eigenvalue weighted by molar-refractivity contribution is -0.173. The first-order chi connectivity index (χ1) is 12.8. The van der Waals surface area contributed by atoms with Gasteiger partial charge in [0.25, 0.3) is 0 Å². The number of methoxy groups -OCH3 is 3. The molecule has 2 N–H and O–H groups in total. The van der Waals surface area contributed by atoms with Crippen molar-refractivity contribution < 1.29 is 32.1 Å². The zero-order valence-electron chi connectivity index (χ0n) is 15.9. The number of ether oxygens (including phenoxy) is 4. The molecule has 0 bridgehead atoms. The van der Waals surface area contributed by atoms with Crippen molar-refractivity contribution >= 4 is 5.96 Å². The van der Waals surface area contributed by atoms with E-state index in [4.69, 9.17) is 14.2 Å². The van der Waals surface area contributed by atoms with Gasteiger partial charge < -0.3 is 29.6 Å². The third-order valence-corrected chi connectivity index (χ3v) is 3.43. The van der Waals surface area contributed by atoms with Gasteiger partial charge in [-0.2, -0.15) is 13.2 Å². The lowest BCUT2D eigenvalue weighted by Crippen LogP contribution is -2.37. The molecule has 0 amide bonds. The van der Waals surface area contributed by atoms with Crippen molar-refractivity contribution in [3.63, 3.8) is 0 Å². The van der Waals surface area contributed by atoms with Crippen LogP contribution < -0.4 is 24.8 Å². The number of guanidine groups is 1. The fourth-order valence-electron chi connectivity index (χ4n) is 2.21. The molecule has 10 heteroatoms. The average Bonchev–Trinajstić information content (AvgIpc) is 2.64. The van der Waals surface area contributed by atoms with Crippen LogP contribution in [0.5, 0.6) is 17.2 Å². The van der Waals surface area contributed by atoms with Crippen LogP contribution in [0, 0.1) is 0 Å².